The lowest BCUT2D eigenvalue weighted by molar-refractivity contribution is 0.351. The number of aromatic nitrogens is 2. The molecule has 0 fully saturated rings. The number of hydrogen-bond acceptors (Lipinski definition) is 2. The van der Waals surface area contributed by atoms with Gasteiger partial charge in [0, 0.05) is 7.05 Å². The lowest BCUT2D eigenvalue weighted by Gasteiger charge is -1.96. The number of nitrogens with zero attached hydrogens (tertiary/aromatic N) is 2. The highest BCUT2D eigenvalue weighted by Crippen LogP contribution is 2.11. The van der Waals surface area contributed by atoms with E-state index in [9.17, 15) is 4.39 Å². The zero-order chi connectivity index (χ0) is 6.85. The van der Waals surface area contributed by atoms with Crippen molar-refractivity contribution in [1.82, 2.24) is 9.78 Å². The third-order valence-electron chi connectivity index (χ3n) is 0.973. The molecule has 9 heavy (non-hydrogen) atoms. The summed E-state index contributed by atoms with van der Waals surface area (Å²) >= 11 is 0. The Bertz CT molecular complexity index is 189. The van der Waals surface area contributed by atoms with Crippen LogP contribution in [0.2, 0.25) is 0 Å². The van der Waals surface area contributed by atoms with Crippen molar-refractivity contribution in [1.29, 1.82) is 0 Å². The van der Waals surface area contributed by atoms with Gasteiger partial charge in [-0.2, -0.15) is 9.49 Å². The molecule has 1 aromatic rings. The van der Waals surface area contributed by atoms with Gasteiger partial charge in [-0.3, -0.25) is 0 Å². The van der Waals surface area contributed by atoms with Crippen LogP contribution in [0.15, 0.2) is 0 Å². The highest BCUT2D eigenvalue weighted by atomic mass is 19.1. The van der Waals surface area contributed by atoms with Gasteiger partial charge in [0.15, 0.2) is 6.20 Å². The zero-order valence-electron chi connectivity index (χ0n) is 5.18. The summed E-state index contributed by atoms with van der Waals surface area (Å²) in [6.45, 7) is 0. The minimum Gasteiger partial charge on any atom is -0.479 e. The Hall–Kier alpha value is -1.06. The molecule has 0 N–H and O–H groups in total. The monoisotopic (exact) mass is 129 g/mol. The standard InChI is InChI=1S/C5H6FN2O/c1-8-5(9-2)4(6)3-7-8/h1-2H3. The fourth-order valence-electron chi connectivity index (χ4n) is 0.576. The van der Waals surface area contributed by atoms with Crippen LogP contribution in [0.4, 0.5) is 4.39 Å². The highest BCUT2D eigenvalue weighted by molar-refractivity contribution is 5.08. The number of halogens is 1. The maximum absolute atomic E-state index is 12.3. The van der Waals surface area contributed by atoms with Crippen molar-refractivity contribution in [3.63, 3.8) is 0 Å². The molecule has 4 heteroatoms. The first-order valence-corrected chi connectivity index (χ1v) is 2.40. The molecular formula is C5H6FN2O. The van der Waals surface area contributed by atoms with Crippen molar-refractivity contribution in [3.8, 4) is 5.88 Å². The van der Waals surface area contributed by atoms with Crippen LogP contribution < -0.4 is 4.74 Å². The molecule has 0 aliphatic carbocycles. The molecule has 1 radical (unpaired) electrons. The molecule has 1 aromatic heterocycles. The summed E-state index contributed by atoms with van der Waals surface area (Å²) < 4.78 is 18.2. The maximum Gasteiger partial charge on any atom is 0.249 e. The number of methoxy groups -OCH3 is 1. The van der Waals surface area contributed by atoms with E-state index in [1.165, 1.54) is 11.8 Å². The van der Waals surface area contributed by atoms with Crippen molar-refractivity contribution in [2.45, 2.75) is 0 Å². The summed E-state index contributed by atoms with van der Waals surface area (Å²) in [4.78, 5) is 0. The number of rotatable bonds is 1. The van der Waals surface area contributed by atoms with Gasteiger partial charge in [-0.05, 0) is 0 Å². The summed E-state index contributed by atoms with van der Waals surface area (Å²) in [6, 6.07) is 0. The third-order valence-corrected chi connectivity index (χ3v) is 0.973. The summed E-state index contributed by atoms with van der Waals surface area (Å²) in [5.74, 6) is -0.449. The van der Waals surface area contributed by atoms with Crippen molar-refractivity contribution >= 4 is 0 Å². The van der Waals surface area contributed by atoms with Gasteiger partial charge in [-0.15, -0.1) is 0 Å². The van der Waals surface area contributed by atoms with Gasteiger partial charge < -0.3 is 4.74 Å². The molecule has 0 atom stereocenters. The molecule has 0 aliphatic rings. The molecule has 0 bridgehead atoms. The molecule has 0 aromatic carbocycles. The van der Waals surface area contributed by atoms with Crippen LogP contribution in [0, 0.1) is 12.0 Å². The van der Waals surface area contributed by atoms with E-state index in [1.807, 2.05) is 0 Å². The Morgan fingerprint density at radius 2 is 2.44 bits per heavy atom. The molecule has 0 aliphatic heterocycles. The SMILES string of the molecule is COc1c(F)[c]nn1C. The predicted octanol–water partition coefficient (Wildman–Crippen LogP) is 0.368. The summed E-state index contributed by atoms with van der Waals surface area (Å²) in [6.07, 6.45) is 2.11. The van der Waals surface area contributed by atoms with Crippen molar-refractivity contribution < 1.29 is 9.13 Å². The van der Waals surface area contributed by atoms with Gasteiger partial charge in [0.2, 0.25) is 11.7 Å². The van der Waals surface area contributed by atoms with Crippen molar-refractivity contribution in [2.75, 3.05) is 7.11 Å². The Morgan fingerprint density at radius 1 is 1.78 bits per heavy atom. The van der Waals surface area contributed by atoms with Crippen LogP contribution in [0.5, 0.6) is 5.88 Å². The minimum atomic E-state index is -0.556. The molecule has 1 heterocycles. The second-order valence-corrected chi connectivity index (χ2v) is 1.56. The first-order chi connectivity index (χ1) is 4.25. The first-order valence-electron chi connectivity index (χ1n) is 2.40. The van der Waals surface area contributed by atoms with Gasteiger partial charge in [0.1, 0.15) is 0 Å². The topological polar surface area (TPSA) is 27.1 Å². The smallest absolute Gasteiger partial charge is 0.249 e. The number of aryl methyl sites for hydroxylation is 1. The van der Waals surface area contributed by atoms with Gasteiger partial charge >= 0.3 is 0 Å². The lowest BCUT2D eigenvalue weighted by Crippen LogP contribution is -1.95. The molecule has 0 spiro atoms. The van der Waals surface area contributed by atoms with E-state index >= 15 is 0 Å². The molecule has 0 saturated heterocycles. The fourth-order valence-corrected chi connectivity index (χ4v) is 0.576. The third kappa shape index (κ3) is 0.872. The average molecular weight is 129 g/mol. The Kier molecular flexibility index (Phi) is 1.38. The molecule has 1 rings (SSSR count). The van der Waals surface area contributed by atoms with Gasteiger partial charge in [0.25, 0.3) is 0 Å². The highest BCUT2D eigenvalue weighted by Gasteiger charge is 2.06. The molecular weight excluding hydrogens is 123 g/mol. The Labute approximate surface area is 52.0 Å². The molecule has 49 valence electrons. The minimum absolute atomic E-state index is 0.106. The second-order valence-electron chi connectivity index (χ2n) is 1.56. The van der Waals surface area contributed by atoms with E-state index in [0.717, 1.165) is 0 Å². The van der Waals surface area contributed by atoms with Crippen LogP contribution in [-0.2, 0) is 7.05 Å². The largest absolute Gasteiger partial charge is 0.479 e. The quantitative estimate of drug-likeness (QED) is 0.547. The molecule has 0 saturated carbocycles. The summed E-state index contributed by atoms with van der Waals surface area (Å²) in [7, 11) is 2.96. The lowest BCUT2D eigenvalue weighted by atomic mass is 10.6. The van der Waals surface area contributed by atoms with Crippen LogP contribution in [0.25, 0.3) is 0 Å². The van der Waals surface area contributed by atoms with Crippen molar-refractivity contribution in [3.05, 3.63) is 12.0 Å². The van der Waals surface area contributed by atoms with Gasteiger partial charge in [-0.1, -0.05) is 0 Å². The summed E-state index contributed by atoms with van der Waals surface area (Å²) in [5, 5.41) is 3.48. The molecule has 0 amide bonds. The van der Waals surface area contributed by atoms with E-state index in [4.69, 9.17) is 0 Å². The number of ether oxygens (including phenoxy) is 1. The Morgan fingerprint density at radius 3 is 2.67 bits per heavy atom. The van der Waals surface area contributed by atoms with Crippen LogP contribution >= 0.6 is 0 Å². The maximum atomic E-state index is 12.3. The van der Waals surface area contributed by atoms with Crippen LogP contribution in [0.1, 0.15) is 0 Å². The number of hydrogen-bond donors (Lipinski definition) is 0. The van der Waals surface area contributed by atoms with E-state index < -0.39 is 5.82 Å². The van der Waals surface area contributed by atoms with Crippen LogP contribution in [0.3, 0.4) is 0 Å². The van der Waals surface area contributed by atoms with Gasteiger partial charge in [0.05, 0.1) is 7.11 Å². The van der Waals surface area contributed by atoms with Crippen molar-refractivity contribution in [2.24, 2.45) is 7.05 Å². The van der Waals surface area contributed by atoms with E-state index in [2.05, 4.69) is 16.0 Å². The van der Waals surface area contributed by atoms with E-state index in [0.29, 0.717) is 0 Å². The predicted molar refractivity (Wildman–Crippen MR) is 28.6 cm³/mol. The molecule has 0 unspecified atom stereocenters. The van der Waals surface area contributed by atoms with E-state index in [-0.39, 0.29) is 5.88 Å². The van der Waals surface area contributed by atoms with Crippen LogP contribution in [-0.4, -0.2) is 16.9 Å². The second kappa shape index (κ2) is 2.05. The van der Waals surface area contributed by atoms with Gasteiger partial charge in [-0.25, -0.2) is 4.68 Å². The fraction of sp³-hybridized carbons (Fsp3) is 0.400. The first kappa shape index (κ1) is 6.07. The average Bonchev–Trinajstić information content (AvgIpc) is 2.12. The molecule has 3 nitrogen and oxygen atoms in total. The Balaban J connectivity index is 3.07. The van der Waals surface area contributed by atoms with E-state index in [1.54, 1.807) is 7.05 Å². The normalized spacial score (nSPS) is 9.67. The summed E-state index contributed by atoms with van der Waals surface area (Å²) in [5.41, 5.74) is 0. The zero-order valence-corrected chi connectivity index (χ0v) is 5.18.